The molecule has 0 aliphatic carbocycles. The molecule has 9 heteroatoms. The van der Waals surface area contributed by atoms with Crippen LogP contribution in [0.2, 0.25) is 0 Å². The number of nitrogens with zero attached hydrogens (tertiary/aromatic N) is 3. The number of methoxy groups -OCH3 is 1. The standard InChI is InChI=1S/C20H19N3O6/c1-29-16-8-4-13(5-9-16)17-12-18(14-2-6-15(7-3-14)23(27)28)22(21-17)19(24)10-11-20(25)26/h2-9,18H,10-12H2,1H3,(H,25,26)/t18-/m1/s1. The molecule has 1 heterocycles. The van der Waals surface area contributed by atoms with Crippen LogP contribution in [0.3, 0.4) is 0 Å². The van der Waals surface area contributed by atoms with Crippen molar-refractivity contribution in [1.82, 2.24) is 5.01 Å². The lowest BCUT2D eigenvalue weighted by Gasteiger charge is -2.21. The minimum Gasteiger partial charge on any atom is -0.497 e. The number of carboxylic acid groups (broad SMARTS) is 1. The Morgan fingerprint density at radius 1 is 1.17 bits per heavy atom. The Balaban J connectivity index is 1.89. The Morgan fingerprint density at radius 2 is 1.83 bits per heavy atom. The lowest BCUT2D eigenvalue weighted by molar-refractivity contribution is -0.384. The molecule has 2 aromatic carbocycles. The van der Waals surface area contributed by atoms with Gasteiger partial charge >= 0.3 is 5.97 Å². The molecule has 1 amide bonds. The molecule has 0 aromatic heterocycles. The molecule has 1 atom stereocenters. The van der Waals surface area contributed by atoms with Crippen LogP contribution in [0.5, 0.6) is 5.75 Å². The molecule has 2 aromatic rings. The summed E-state index contributed by atoms with van der Waals surface area (Å²) < 4.78 is 5.15. The molecule has 0 bridgehead atoms. The molecule has 0 fully saturated rings. The molecule has 3 rings (SSSR count). The first-order valence-corrected chi connectivity index (χ1v) is 8.89. The van der Waals surface area contributed by atoms with Gasteiger partial charge in [-0.1, -0.05) is 12.1 Å². The van der Waals surface area contributed by atoms with Crippen LogP contribution in [-0.4, -0.2) is 39.7 Å². The van der Waals surface area contributed by atoms with Gasteiger partial charge in [0.15, 0.2) is 0 Å². The number of hydrogen-bond acceptors (Lipinski definition) is 6. The lowest BCUT2D eigenvalue weighted by Crippen LogP contribution is -2.27. The number of aliphatic carboxylic acids is 1. The number of hydrazone groups is 1. The fourth-order valence-corrected chi connectivity index (χ4v) is 3.10. The van der Waals surface area contributed by atoms with Crippen molar-refractivity contribution < 1.29 is 24.4 Å². The Morgan fingerprint density at radius 3 is 2.38 bits per heavy atom. The molecule has 0 spiro atoms. The van der Waals surface area contributed by atoms with Crippen LogP contribution >= 0.6 is 0 Å². The number of ether oxygens (including phenoxy) is 1. The summed E-state index contributed by atoms with van der Waals surface area (Å²) in [6.07, 6.45) is -0.0726. The van der Waals surface area contributed by atoms with Gasteiger partial charge in [0.1, 0.15) is 5.75 Å². The van der Waals surface area contributed by atoms with Crippen LogP contribution in [0, 0.1) is 10.1 Å². The van der Waals surface area contributed by atoms with Gasteiger partial charge in [-0.25, -0.2) is 5.01 Å². The first kappa shape index (κ1) is 20.0. The quantitative estimate of drug-likeness (QED) is 0.566. The first-order chi connectivity index (χ1) is 13.9. The number of benzene rings is 2. The van der Waals surface area contributed by atoms with Gasteiger partial charge in [0, 0.05) is 25.0 Å². The average molecular weight is 397 g/mol. The third-order valence-corrected chi connectivity index (χ3v) is 4.63. The number of non-ortho nitro benzene ring substituents is 1. The highest BCUT2D eigenvalue weighted by Crippen LogP contribution is 2.34. The fourth-order valence-electron chi connectivity index (χ4n) is 3.10. The van der Waals surface area contributed by atoms with E-state index in [2.05, 4.69) is 5.10 Å². The number of nitro groups is 1. The number of hydrogen-bond donors (Lipinski definition) is 1. The second-order valence-corrected chi connectivity index (χ2v) is 6.48. The van der Waals surface area contributed by atoms with Crippen molar-refractivity contribution in [3.8, 4) is 5.75 Å². The van der Waals surface area contributed by atoms with E-state index in [1.165, 1.54) is 17.1 Å². The van der Waals surface area contributed by atoms with Crippen LogP contribution < -0.4 is 4.74 Å². The van der Waals surface area contributed by atoms with E-state index in [9.17, 15) is 19.7 Å². The van der Waals surface area contributed by atoms with Crippen LogP contribution in [-0.2, 0) is 9.59 Å². The van der Waals surface area contributed by atoms with Gasteiger partial charge in [-0.2, -0.15) is 5.10 Å². The summed E-state index contributed by atoms with van der Waals surface area (Å²) in [5.74, 6) is -0.795. The zero-order chi connectivity index (χ0) is 21.0. The Kier molecular flexibility index (Phi) is 5.87. The fraction of sp³-hybridized carbons (Fsp3) is 0.250. The van der Waals surface area contributed by atoms with Crippen molar-refractivity contribution in [3.63, 3.8) is 0 Å². The van der Waals surface area contributed by atoms with Crippen molar-refractivity contribution in [2.75, 3.05) is 7.11 Å². The van der Waals surface area contributed by atoms with Crippen molar-refractivity contribution in [2.24, 2.45) is 5.10 Å². The molecule has 1 aliphatic rings. The summed E-state index contributed by atoms with van der Waals surface area (Å²) in [5.41, 5.74) is 2.12. The SMILES string of the molecule is COc1ccc(C2=NN(C(=O)CCC(=O)O)[C@@H](c3ccc([N+](=O)[O-])cc3)C2)cc1. The van der Waals surface area contributed by atoms with Gasteiger partial charge in [0.2, 0.25) is 5.91 Å². The number of carboxylic acids is 1. The number of nitro benzene ring substituents is 1. The maximum Gasteiger partial charge on any atom is 0.303 e. The molecular formula is C20H19N3O6. The summed E-state index contributed by atoms with van der Waals surface area (Å²) in [4.78, 5) is 33.9. The van der Waals surface area contributed by atoms with E-state index in [1.54, 1.807) is 31.4 Å². The molecule has 9 nitrogen and oxygen atoms in total. The Labute approximate surface area is 166 Å². The summed E-state index contributed by atoms with van der Waals surface area (Å²) in [6.45, 7) is 0. The van der Waals surface area contributed by atoms with Gasteiger partial charge in [0.05, 0.1) is 30.2 Å². The smallest absolute Gasteiger partial charge is 0.303 e. The van der Waals surface area contributed by atoms with E-state index in [1.807, 2.05) is 12.1 Å². The second kappa shape index (κ2) is 8.51. The van der Waals surface area contributed by atoms with Crippen LogP contribution in [0.15, 0.2) is 53.6 Å². The predicted octanol–water partition coefficient (Wildman–Crippen LogP) is 3.15. The maximum absolute atomic E-state index is 12.6. The minimum absolute atomic E-state index is 0.0493. The maximum atomic E-state index is 12.6. The number of carbonyl (C=O) groups excluding carboxylic acids is 1. The summed E-state index contributed by atoms with van der Waals surface area (Å²) in [6, 6.07) is 12.7. The van der Waals surface area contributed by atoms with Gasteiger partial charge in [-0.05, 0) is 35.4 Å². The molecule has 0 saturated carbocycles. The van der Waals surface area contributed by atoms with E-state index in [0.29, 0.717) is 23.4 Å². The lowest BCUT2D eigenvalue weighted by atomic mass is 9.98. The van der Waals surface area contributed by atoms with E-state index in [4.69, 9.17) is 9.84 Å². The molecule has 0 unspecified atom stereocenters. The van der Waals surface area contributed by atoms with Gasteiger partial charge in [-0.15, -0.1) is 0 Å². The monoisotopic (exact) mass is 397 g/mol. The van der Waals surface area contributed by atoms with E-state index in [-0.39, 0.29) is 18.5 Å². The van der Waals surface area contributed by atoms with Gasteiger partial charge in [0.25, 0.3) is 5.69 Å². The predicted molar refractivity (Wildman–Crippen MR) is 104 cm³/mol. The van der Waals surface area contributed by atoms with Gasteiger partial charge in [-0.3, -0.25) is 19.7 Å². The normalized spacial score (nSPS) is 15.7. The molecule has 0 saturated heterocycles. The summed E-state index contributed by atoms with van der Waals surface area (Å²) in [7, 11) is 1.57. The van der Waals surface area contributed by atoms with Crippen LogP contribution in [0.4, 0.5) is 5.69 Å². The third kappa shape index (κ3) is 4.57. The van der Waals surface area contributed by atoms with Crippen molar-refractivity contribution in [1.29, 1.82) is 0 Å². The molecule has 150 valence electrons. The van der Waals surface area contributed by atoms with E-state index < -0.39 is 22.8 Å². The topological polar surface area (TPSA) is 122 Å². The first-order valence-electron chi connectivity index (χ1n) is 8.89. The zero-order valence-corrected chi connectivity index (χ0v) is 15.6. The summed E-state index contributed by atoms with van der Waals surface area (Å²) in [5, 5.41) is 25.5. The Bertz CT molecular complexity index is 953. The highest BCUT2D eigenvalue weighted by molar-refractivity contribution is 6.03. The van der Waals surface area contributed by atoms with E-state index in [0.717, 1.165) is 5.56 Å². The van der Waals surface area contributed by atoms with E-state index >= 15 is 0 Å². The van der Waals surface area contributed by atoms with Crippen molar-refractivity contribution in [2.45, 2.75) is 25.3 Å². The third-order valence-electron chi connectivity index (χ3n) is 4.63. The molecule has 29 heavy (non-hydrogen) atoms. The number of rotatable bonds is 7. The molecule has 0 radical (unpaired) electrons. The molecular weight excluding hydrogens is 378 g/mol. The molecule has 1 N–H and O–H groups in total. The number of carbonyl (C=O) groups is 2. The number of amides is 1. The average Bonchev–Trinajstić information content (AvgIpc) is 3.17. The Hall–Kier alpha value is -3.75. The second-order valence-electron chi connectivity index (χ2n) is 6.48. The highest BCUT2D eigenvalue weighted by Gasteiger charge is 2.33. The van der Waals surface area contributed by atoms with Crippen LogP contribution in [0.1, 0.15) is 36.4 Å². The van der Waals surface area contributed by atoms with Crippen molar-refractivity contribution >= 4 is 23.3 Å². The van der Waals surface area contributed by atoms with Crippen molar-refractivity contribution in [3.05, 3.63) is 69.8 Å². The highest BCUT2D eigenvalue weighted by atomic mass is 16.6. The van der Waals surface area contributed by atoms with Gasteiger partial charge < -0.3 is 9.84 Å². The molecule has 1 aliphatic heterocycles. The summed E-state index contributed by atoms with van der Waals surface area (Å²) >= 11 is 0. The largest absolute Gasteiger partial charge is 0.497 e. The zero-order valence-electron chi connectivity index (χ0n) is 15.6. The minimum atomic E-state index is -1.07. The van der Waals surface area contributed by atoms with Crippen LogP contribution in [0.25, 0.3) is 0 Å².